The molecule has 0 aromatic rings. The Morgan fingerprint density at radius 1 is 1.15 bits per heavy atom. The highest BCUT2D eigenvalue weighted by Gasteiger charge is 2.20. The summed E-state index contributed by atoms with van der Waals surface area (Å²) in [6.45, 7) is 4.28. The van der Waals surface area contributed by atoms with Crippen molar-refractivity contribution in [3.8, 4) is 0 Å². The van der Waals surface area contributed by atoms with Crippen LogP contribution in [0.1, 0.15) is 65.2 Å². The van der Waals surface area contributed by atoms with Crippen LogP contribution in [0.4, 0.5) is 0 Å². The maximum atomic E-state index is 10.8. The molecule has 0 spiro atoms. The molecule has 0 aliphatic heterocycles. The van der Waals surface area contributed by atoms with E-state index in [-0.39, 0.29) is 11.3 Å². The maximum Gasteiger partial charge on any atom is 0.123 e. The predicted molar refractivity (Wildman–Crippen MR) is 87.7 cm³/mol. The Bertz CT molecular complexity index is 337. The molecule has 1 unspecified atom stereocenters. The molecule has 1 aliphatic carbocycles. The van der Waals surface area contributed by atoms with Crippen molar-refractivity contribution in [3.63, 3.8) is 0 Å². The van der Waals surface area contributed by atoms with E-state index in [4.69, 9.17) is 0 Å². The van der Waals surface area contributed by atoms with Crippen molar-refractivity contribution < 1.29 is 4.79 Å². The van der Waals surface area contributed by atoms with E-state index in [1.165, 1.54) is 25.7 Å². The lowest BCUT2D eigenvalue weighted by Crippen LogP contribution is -2.13. The van der Waals surface area contributed by atoms with Crippen LogP contribution in [0, 0.1) is 11.3 Å². The first kappa shape index (κ1) is 16.9. The molecule has 0 amide bonds. The molecule has 0 aromatic heterocycles. The van der Waals surface area contributed by atoms with Crippen LogP contribution in [0.25, 0.3) is 0 Å². The van der Waals surface area contributed by atoms with E-state index in [9.17, 15) is 4.79 Å². The minimum Gasteiger partial charge on any atom is -0.303 e. The lowest BCUT2D eigenvalue weighted by molar-refractivity contribution is -0.111. The quantitative estimate of drug-likeness (QED) is 0.286. The number of allylic oxidation sites excluding steroid dienone is 6. The van der Waals surface area contributed by atoms with Crippen molar-refractivity contribution in [2.24, 2.45) is 11.3 Å². The van der Waals surface area contributed by atoms with Crippen LogP contribution in [-0.4, -0.2) is 6.29 Å². The number of hydrogen-bond donors (Lipinski definition) is 0. The van der Waals surface area contributed by atoms with E-state index in [2.05, 4.69) is 50.3 Å². The van der Waals surface area contributed by atoms with Gasteiger partial charge in [-0.2, -0.15) is 0 Å². The molecule has 0 N–H and O–H groups in total. The first-order valence-corrected chi connectivity index (χ1v) is 8.24. The molecule has 20 heavy (non-hydrogen) atoms. The maximum absolute atomic E-state index is 10.8. The average Bonchev–Trinajstić information content (AvgIpc) is 2.50. The monoisotopic (exact) mass is 274 g/mol. The van der Waals surface area contributed by atoms with Gasteiger partial charge in [-0.15, -0.1) is 0 Å². The summed E-state index contributed by atoms with van der Waals surface area (Å²) >= 11 is 0. The van der Waals surface area contributed by atoms with Gasteiger partial charge in [0.2, 0.25) is 0 Å². The molecule has 112 valence electrons. The van der Waals surface area contributed by atoms with Crippen molar-refractivity contribution >= 4 is 6.29 Å². The van der Waals surface area contributed by atoms with Gasteiger partial charge in [0.15, 0.2) is 0 Å². The zero-order valence-electron chi connectivity index (χ0n) is 13.2. The summed E-state index contributed by atoms with van der Waals surface area (Å²) in [6, 6.07) is 0. The van der Waals surface area contributed by atoms with Gasteiger partial charge in [-0.1, -0.05) is 69.6 Å². The molecule has 1 nitrogen and oxygen atoms in total. The van der Waals surface area contributed by atoms with Crippen LogP contribution < -0.4 is 0 Å². The summed E-state index contributed by atoms with van der Waals surface area (Å²) in [7, 11) is 0. The molecule has 1 rings (SSSR count). The minimum absolute atomic E-state index is 0.156. The topological polar surface area (TPSA) is 17.1 Å². The second kappa shape index (κ2) is 9.74. The summed E-state index contributed by atoms with van der Waals surface area (Å²) in [6.07, 6.45) is 24.1. The standard InChI is InChI=1S/C19H30O/c1-3-5-13-19(15-10-7-11-16-19)14-9-6-8-12-18(4-2)17-20/h5,10-11,13,15-18H,3-4,6-9,12,14H2,1-2H3/b13-5-. The number of carbonyl (C=O) groups is 1. The van der Waals surface area contributed by atoms with E-state index >= 15 is 0 Å². The normalized spacial score (nSPS) is 18.5. The Morgan fingerprint density at radius 3 is 2.50 bits per heavy atom. The minimum atomic E-state index is 0.156. The van der Waals surface area contributed by atoms with E-state index in [0.29, 0.717) is 0 Å². The zero-order valence-corrected chi connectivity index (χ0v) is 13.2. The third-order valence-corrected chi connectivity index (χ3v) is 4.19. The van der Waals surface area contributed by atoms with Gasteiger partial charge in [0.05, 0.1) is 0 Å². The highest BCUT2D eigenvalue weighted by Crippen LogP contribution is 2.33. The SMILES string of the molecule is CC/C=C\C1(CCCCCC(C=O)CC)C=CCC=C1. The molecule has 0 bridgehead atoms. The van der Waals surface area contributed by atoms with Gasteiger partial charge >= 0.3 is 0 Å². The van der Waals surface area contributed by atoms with Crippen LogP contribution in [0.15, 0.2) is 36.5 Å². The van der Waals surface area contributed by atoms with Crippen molar-refractivity contribution in [1.82, 2.24) is 0 Å². The van der Waals surface area contributed by atoms with Gasteiger partial charge in [0, 0.05) is 11.3 Å². The molecule has 0 aromatic carbocycles. The van der Waals surface area contributed by atoms with Crippen LogP contribution >= 0.6 is 0 Å². The highest BCUT2D eigenvalue weighted by molar-refractivity contribution is 5.53. The molecule has 0 fully saturated rings. The van der Waals surface area contributed by atoms with Crippen molar-refractivity contribution in [2.75, 3.05) is 0 Å². The Labute approximate surface area is 124 Å². The van der Waals surface area contributed by atoms with E-state index in [1.54, 1.807) is 0 Å². The smallest absolute Gasteiger partial charge is 0.123 e. The Morgan fingerprint density at radius 2 is 1.90 bits per heavy atom. The predicted octanol–water partition coefficient (Wildman–Crippen LogP) is 5.63. The zero-order chi connectivity index (χ0) is 14.7. The molecular weight excluding hydrogens is 244 g/mol. The van der Waals surface area contributed by atoms with Crippen LogP contribution in [0.3, 0.4) is 0 Å². The molecule has 1 aliphatic rings. The Balaban J connectivity index is 2.35. The van der Waals surface area contributed by atoms with Gasteiger partial charge in [-0.05, 0) is 32.1 Å². The van der Waals surface area contributed by atoms with Gasteiger partial charge in [-0.3, -0.25) is 0 Å². The molecule has 0 saturated carbocycles. The summed E-state index contributed by atoms with van der Waals surface area (Å²) < 4.78 is 0. The van der Waals surface area contributed by atoms with Crippen molar-refractivity contribution in [2.45, 2.75) is 65.2 Å². The summed E-state index contributed by atoms with van der Waals surface area (Å²) in [5, 5.41) is 0. The van der Waals surface area contributed by atoms with Crippen LogP contribution in [0.2, 0.25) is 0 Å². The highest BCUT2D eigenvalue weighted by atomic mass is 16.1. The van der Waals surface area contributed by atoms with Gasteiger partial charge in [-0.25, -0.2) is 0 Å². The molecule has 0 radical (unpaired) electrons. The fourth-order valence-electron chi connectivity index (χ4n) is 2.79. The number of hydrogen-bond acceptors (Lipinski definition) is 1. The summed E-state index contributed by atoms with van der Waals surface area (Å²) in [5.41, 5.74) is 0.156. The fraction of sp³-hybridized carbons (Fsp3) is 0.632. The Kier molecular flexibility index (Phi) is 8.25. The number of carbonyl (C=O) groups excluding carboxylic acids is 1. The number of rotatable bonds is 10. The Hall–Kier alpha value is -1.11. The van der Waals surface area contributed by atoms with Crippen molar-refractivity contribution in [3.05, 3.63) is 36.5 Å². The van der Waals surface area contributed by atoms with E-state index in [0.717, 1.165) is 32.0 Å². The summed E-state index contributed by atoms with van der Waals surface area (Å²) in [5.74, 6) is 0.276. The molecule has 0 heterocycles. The van der Waals surface area contributed by atoms with Crippen molar-refractivity contribution in [1.29, 1.82) is 0 Å². The average molecular weight is 274 g/mol. The molecule has 0 saturated heterocycles. The first-order valence-electron chi connectivity index (χ1n) is 8.24. The second-order valence-corrected chi connectivity index (χ2v) is 5.87. The van der Waals surface area contributed by atoms with Gasteiger partial charge < -0.3 is 4.79 Å². The van der Waals surface area contributed by atoms with Gasteiger partial charge in [0.1, 0.15) is 6.29 Å². The second-order valence-electron chi connectivity index (χ2n) is 5.87. The molecule has 1 atom stereocenters. The molecular formula is C19H30O. The first-order chi connectivity index (χ1) is 9.76. The third-order valence-electron chi connectivity index (χ3n) is 4.19. The van der Waals surface area contributed by atoms with E-state index in [1.807, 2.05) is 0 Å². The number of aldehydes is 1. The lowest BCUT2D eigenvalue weighted by Gasteiger charge is -2.26. The van der Waals surface area contributed by atoms with Gasteiger partial charge in [0.25, 0.3) is 0 Å². The largest absolute Gasteiger partial charge is 0.303 e. The lowest BCUT2D eigenvalue weighted by atomic mass is 9.79. The van der Waals surface area contributed by atoms with Crippen LogP contribution in [0.5, 0.6) is 0 Å². The van der Waals surface area contributed by atoms with E-state index < -0.39 is 0 Å². The molecule has 1 heteroatoms. The van der Waals surface area contributed by atoms with Crippen LogP contribution in [-0.2, 0) is 4.79 Å². The fourth-order valence-corrected chi connectivity index (χ4v) is 2.79. The number of unbranched alkanes of at least 4 members (excludes halogenated alkanes) is 2. The summed E-state index contributed by atoms with van der Waals surface area (Å²) in [4.78, 5) is 10.8. The third kappa shape index (κ3) is 5.90.